The molecular weight excluding hydrogens is 551 g/mol. The Morgan fingerprint density at radius 3 is 2.78 bits per heavy atom. The quantitative estimate of drug-likeness (QED) is 0.278. The van der Waals surface area contributed by atoms with Crippen LogP contribution in [0.4, 0.5) is 4.39 Å². The van der Waals surface area contributed by atoms with Gasteiger partial charge in [0.2, 0.25) is 5.88 Å². The molecule has 0 bridgehead atoms. The summed E-state index contributed by atoms with van der Waals surface area (Å²) in [7, 11) is 0. The Morgan fingerprint density at radius 1 is 1.22 bits per heavy atom. The first-order valence-corrected chi connectivity index (χ1v) is 13.4. The van der Waals surface area contributed by atoms with Crippen LogP contribution in [0.3, 0.4) is 0 Å². The van der Waals surface area contributed by atoms with E-state index in [1.165, 1.54) is 29.1 Å². The van der Waals surface area contributed by atoms with Crippen molar-refractivity contribution >= 4 is 27.7 Å². The number of carbonyl (C=O) groups is 1. The van der Waals surface area contributed by atoms with E-state index in [1.807, 2.05) is 10.6 Å². The van der Waals surface area contributed by atoms with Crippen molar-refractivity contribution in [2.24, 2.45) is 0 Å². The van der Waals surface area contributed by atoms with Gasteiger partial charge in [0.15, 0.2) is 0 Å². The van der Waals surface area contributed by atoms with Crippen molar-refractivity contribution in [3.05, 3.63) is 92.9 Å². The highest BCUT2D eigenvalue weighted by Crippen LogP contribution is 2.28. The van der Waals surface area contributed by atoms with Crippen LogP contribution in [0.25, 0.3) is 21.7 Å². The minimum Gasteiger partial charge on any atom is -0.477 e. The van der Waals surface area contributed by atoms with Crippen LogP contribution >= 0.6 is 11.3 Å². The zero-order valence-corrected chi connectivity index (χ0v) is 22.2. The summed E-state index contributed by atoms with van der Waals surface area (Å²) in [4.78, 5) is 38.7. The number of thiophene rings is 1. The lowest BCUT2D eigenvalue weighted by Gasteiger charge is -2.27. The second-order valence-electron chi connectivity index (χ2n) is 9.33. The number of benzene rings is 1. The number of nitriles is 1. The minimum atomic E-state index is -1.01. The Balaban J connectivity index is 1.21. The molecule has 6 rings (SSSR count). The zero-order chi connectivity index (χ0) is 28.5. The van der Waals surface area contributed by atoms with E-state index in [0.29, 0.717) is 40.7 Å². The molecule has 0 aliphatic carbocycles. The number of carboxylic acid groups (broad SMARTS) is 1. The van der Waals surface area contributed by atoms with Gasteiger partial charge in [0.1, 0.15) is 28.0 Å². The molecule has 0 saturated carbocycles. The molecule has 0 amide bonds. The van der Waals surface area contributed by atoms with Crippen molar-refractivity contribution in [2.45, 2.75) is 32.2 Å². The summed E-state index contributed by atoms with van der Waals surface area (Å²) in [6, 6.07) is 14.0. The molecule has 1 aliphatic heterocycles. The smallest absolute Gasteiger partial charge is 0.346 e. The normalized spacial score (nSPS) is 14.5. The molecule has 11 nitrogen and oxygen atoms in total. The summed E-state index contributed by atoms with van der Waals surface area (Å²) in [5, 5.41) is 18.3. The molecule has 206 valence electrons. The summed E-state index contributed by atoms with van der Waals surface area (Å²) >= 11 is 1.08. The van der Waals surface area contributed by atoms with Crippen LogP contribution < -0.4 is 10.3 Å². The van der Waals surface area contributed by atoms with Gasteiger partial charge in [0.25, 0.3) is 5.56 Å². The number of fused-ring (bicyclic) bond motifs is 1. The molecule has 5 aromatic rings. The van der Waals surface area contributed by atoms with E-state index >= 15 is 0 Å². The average Bonchev–Trinajstić information content (AvgIpc) is 3.49. The second-order valence-corrected chi connectivity index (χ2v) is 10.4. The molecule has 5 heterocycles. The molecule has 1 N–H and O–H groups in total. The molecule has 1 fully saturated rings. The van der Waals surface area contributed by atoms with Crippen LogP contribution in [0.5, 0.6) is 5.88 Å². The fraction of sp³-hybridized carbons (Fsp3) is 0.214. The third-order valence-corrected chi connectivity index (χ3v) is 7.66. The Hall–Kier alpha value is -4.93. The summed E-state index contributed by atoms with van der Waals surface area (Å²) in [6.45, 7) is 1.23. The van der Waals surface area contributed by atoms with Gasteiger partial charge in [-0.05, 0) is 30.7 Å². The van der Waals surface area contributed by atoms with Crippen LogP contribution in [-0.4, -0.2) is 47.9 Å². The number of hydrogen-bond donors (Lipinski definition) is 1. The number of nitrogens with zero attached hydrogens (tertiary/aromatic N) is 6. The molecule has 4 aromatic heterocycles. The Bertz CT molecular complexity index is 1890. The second kappa shape index (κ2) is 10.9. The lowest BCUT2D eigenvalue weighted by molar-refractivity contribution is -0.0590. The maximum Gasteiger partial charge on any atom is 0.346 e. The van der Waals surface area contributed by atoms with Crippen LogP contribution in [-0.2, 0) is 24.4 Å². The predicted molar refractivity (Wildman–Crippen MR) is 145 cm³/mol. The van der Waals surface area contributed by atoms with E-state index in [-0.39, 0.29) is 46.7 Å². The molecule has 1 atom stereocenters. The van der Waals surface area contributed by atoms with Crippen LogP contribution in [0, 0.1) is 17.1 Å². The summed E-state index contributed by atoms with van der Waals surface area (Å²) in [5.74, 6) is -0.743. The van der Waals surface area contributed by atoms with Gasteiger partial charge in [-0.3, -0.25) is 9.36 Å². The molecule has 1 unspecified atom stereocenters. The zero-order valence-electron chi connectivity index (χ0n) is 21.4. The molecule has 1 aromatic carbocycles. The number of pyridine rings is 1. The molecule has 13 heteroatoms. The maximum atomic E-state index is 14.2. The lowest BCUT2D eigenvalue weighted by atomic mass is 10.1. The van der Waals surface area contributed by atoms with Crippen LogP contribution in [0.15, 0.2) is 59.7 Å². The third-order valence-electron chi connectivity index (χ3n) is 6.65. The average molecular weight is 573 g/mol. The van der Waals surface area contributed by atoms with Crippen molar-refractivity contribution in [2.75, 3.05) is 6.61 Å². The van der Waals surface area contributed by atoms with E-state index in [4.69, 9.17) is 14.7 Å². The monoisotopic (exact) mass is 572 g/mol. The number of aromatic carboxylic acids is 1. The lowest BCUT2D eigenvalue weighted by Crippen LogP contribution is -2.32. The molecule has 1 aliphatic rings. The van der Waals surface area contributed by atoms with E-state index in [0.717, 1.165) is 23.8 Å². The standard InChI is InChI=1S/C28H21FN6O5S/c29-19-8-16(11-30)4-5-17(19)14-40-25-3-1-2-20(32-25)21-9-26(36)34(15-31-21)13-24-33-27-22(10-23(41-27)28(37)38)35(24)12-18-6-7-39-18/h1-5,8-10,15,18H,6-7,12-14H2,(H,37,38). The number of halogens is 1. The fourth-order valence-electron chi connectivity index (χ4n) is 4.38. The molecule has 0 radical (unpaired) electrons. The number of carboxylic acids is 1. The summed E-state index contributed by atoms with van der Waals surface area (Å²) < 4.78 is 28.7. The minimum absolute atomic E-state index is 0.00512. The molecule has 1 saturated heterocycles. The van der Waals surface area contributed by atoms with Crippen molar-refractivity contribution in [1.82, 2.24) is 24.1 Å². The fourth-order valence-corrected chi connectivity index (χ4v) is 5.28. The van der Waals surface area contributed by atoms with Gasteiger partial charge in [0.05, 0.1) is 54.1 Å². The van der Waals surface area contributed by atoms with E-state index in [2.05, 4.69) is 15.0 Å². The summed E-state index contributed by atoms with van der Waals surface area (Å²) in [5.41, 5.74) is 1.59. The van der Waals surface area contributed by atoms with E-state index < -0.39 is 11.8 Å². The van der Waals surface area contributed by atoms with Gasteiger partial charge >= 0.3 is 5.97 Å². The third kappa shape index (κ3) is 5.43. The van der Waals surface area contributed by atoms with Gasteiger partial charge in [-0.1, -0.05) is 12.1 Å². The Labute approximate surface area is 235 Å². The highest BCUT2D eigenvalue weighted by atomic mass is 32.1. The number of aromatic nitrogens is 5. The van der Waals surface area contributed by atoms with Crippen molar-refractivity contribution < 1.29 is 23.8 Å². The number of imidazole rings is 1. The van der Waals surface area contributed by atoms with Gasteiger partial charge < -0.3 is 19.1 Å². The van der Waals surface area contributed by atoms with Crippen molar-refractivity contribution in [3.63, 3.8) is 0 Å². The Morgan fingerprint density at radius 2 is 2.07 bits per heavy atom. The molecule has 41 heavy (non-hydrogen) atoms. The van der Waals surface area contributed by atoms with Gasteiger partial charge in [-0.15, -0.1) is 11.3 Å². The van der Waals surface area contributed by atoms with Crippen LogP contribution in [0.1, 0.15) is 33.0 Å². The number of hydrogen-bond acceptors (Lipinski definition) is 9. The maximum absolute atomic E-state index is 14.2. The molecule has 0 spiro atoms. The number of ether oxygens (including phenoxy) is 2. The van der Waals surface area contributed by atoms with Gasteiger partial charge in [-0.25, -0.2) is 24.1 Å². The SMILES string of the molecule is N#Cc1ccc(COc2cccc(-c3cc(=O)n(Cc4nc5sc(C(=O)O)cc5n4CC4CCO4)cn3)n2)c(F)c1. The van der Waals surface area contributed by atoms with Gasteiger partial charge in [-0.2, -0.15) is 5.26 Å². The van der Waals surface area contributed by atoms with Gasteiger partial charge in [0, 0.05) is 24.3 Å². The van der Waals surface area contributed by atoms with E-state index in [1.54, 1.807) is 24.3 Å². The van der Waals surface area contributed by atoms with Crippen molar-refractivity contribution in [3.8, 4) is 23.3 Å². The van der Waals surface area contributed by atoms with Crippen molar-refractivity contribution in [1.29, 1.82) is 5.26 Å². The summed E-state index contributed by atoms with van der Waals surface area (Å²) in [6.07, 6.45) is 2.31. The largest absolute Gasteiger partial charge is 0.477 e. The highest BCUT2D eigenvalue weighted by Gasteiger charge is 2.24. The predicted octanol–water partition coefficient (Wildman–Crippen LogP) is 3.84. The Kier molecular flexibility index (Phi) is 7.00. The first kappa shape index (κ1) is 26.3. The molecular formula is C28H21FN6O5S. The first-order chi connectivity index (χ1) is 19.9. The van der Waals surface area contributed by atoms with E-state index in [9.17, 15) is 19.1 Å². The van der Waals surface area contributed by atoms with Crippen LogP contribution in [0.2, 0.25) is 0 Å². The number of rotatable bonds is 9. The first-order valence-electron chi connectivity index (χ1n) is 12.6. The highest BCUT2D eigenvalue weighted by molar-refractivity contribution is 7.20. The topological polar surface area (TPSA) is 145 Å².